The zero-order chi connectivity index (χ0) is 14.0. The van der Waals surface area contributed by atoms with Crippen LogP contribution in [0.15, 0.2) is 12.1 Å². The average Bonchev–Trinajstić information content (AvgIpc) is 2.72. The topological polar surface area (TPSA) is 71.6 Å². The predicted molar refractivity (Wildman–Crippen MR) is 72.1 cm³/mol. The molecule has 5 nitrogen and oxygen atoms in total. The van der Waals surface area contributed by atoms with Crippen molar-refractivity contribution in [2.24, 2.45) is 0 Å². The second kappa shape index (κ2) is 5.22. The van der Waals surface area contributed by atoms with Crippen LogP contribution in [-0.4, -0.2) is 30.3 Å². The Kier molecular flexibility index (Phi) is 3.64. The van der Waals surface area contributed by atoms with Gasteiger partial charge in [0.25, 0.3) is 0 Å². The number of carbonyl (C=O) groups is 1. The minimum atomic E-state index is -0.803. The maximum atomic E-state index is 10.7. The average molecular weight is 263 g/mol. The molecule has 0 amide bonds. The second-order valence-corrected chi connectivity index (χ2v) is 4.37. The minimum Gasteiger partial charge on any atom is -0.497 e. The molecule has 0 fully saturated rings. The first-order chi connectivity index (χ1) is 9.06. The number of carboxylic acids is 1. The fourth-order valence-electron chi connectivity index (χ4n) is 2.24. The lowest BCUT2D eigenvalue weighted by Gasteiger charge is -2.06. The number of hydrogen-bond acceptors (Lipinski definition) is 3. The van der Waals surface area contributed by atoms with Crippen molar-refractivity contribution in [2.75, 3.05) is 14.2 Å². The summed E-state index contributed by atoms with van der Waals surface area (Å²) in [5.41, 5.74) is 2.84. The van der Waals surface area contributed by atoms with E-state index in [4.69, 9.17) is 14.6 Å². The van der Waals surface area contributed by atoms with Gasteiger partial charge in [-0.1, -0.05) is 0 Å². The van der Waals surface area contributed by atoms with Gasteiger partial charge in [-0.05, 0) is 18.9 Å². The highest BCUT2D eigenvalue weighted by Gasteiger charge is 2.14. The molecule has 1 aromatic carbocycles. The summed E-state index contributed by atoms with van der Waals surface area (Å²) in [6, 6.07) is 3.71. The van der Waals surface area contributed by atoms with E-state index in [1.54, 1.807) is 14.2 Å². The normalized spacial score (nSPS) is 10.7. The van der Waals surface area contributed by atoms with Crippen molar-refractivity contribution in [3.05, 3.63) is 23.4 Å². The zero-order valence-corrected chi connectivity index (χ0v) is 11.2. The fourth-order valence-corrected chi connectivity index (χ4v) is 2.24. The summed E-state index contributed by atoms with van der Waals surface area (Å²) in [7, 11) is 3.21. The Morgan fingerprint density at radius 1 is 1.32 bits per heavy atom. The molecule has 19 heavy (non-hydrogen) atoms. The van der Waals surface area contributed by atoms with Crippen molar-refractivity contribution < 1.29 is 19.4 Å². The maximum absolute atomic E-state index is 10.7. The van der Waals surface area contributed by atoms with Crippen LogP contribution in [-0.2, 0) is 11.2 Å². The number of aliphatic carboxylic acids is 1. The van der Waals surface area contributed by atoms with Crippen LogP contribution in [0.25, 0.3) is 10.9 Å². The number of methoxy groups -OCH3 is 2. The van der Waals surface area contributed by atoms with Crippen molar-refractivity contribution in [1.29, 1.82) is 0 Å². The standard InChI is InChI=1S/C14H17NO4/c1-8-10(4-5-13(16)17)15-11-6-9(18-2)7-12(19-3)14(8)11/h6-7,15H,4-5H2,1-3H3,(H,16,17). The molecule has 0 aliphatic rings. The van der Waals surface area contributed by atoms with Gasteiger partial charge in [-0.3, -0.25) is 4.79 Å². The molecule has 1 aromatic heterocycles. The van der Waals surface area contributed by atoms with Crippen LogP contribution < -0.4 is 9.47 Å². The SMILES string of the molecule is COc1cc(OC)c2c(C)c(CCC(=O)O)[nH]c2c1. The number of H-pyrrole nitrogens is 1. The molecule has 1 heterocycles. The number of ether oxygens (including phenoxy) is 2. The first-order valence-corrected chi connectivity index (χ1v) is 6.01. The minimum absolute atomic E-state index is 0.104. The Bertz CT molecular complexity index is 615. The van der Waals surface area contributed by atoms with E-state index in [0.29, 0.717) is 12.2 Å². The molecule has 0 saturated carbocycles. The zero-order valence-electron chi connectivity index (χ0n) is 11.2. The summed E-state index contributed by atoms with van der Waals surface area (Å²) in [5, 5.41) is 9.74. The van der Waals surface area contributed by atoms with Gasteiger partial charge in [-0.2, -0.15) is 0 Å². The number of aromatic amines is 1. The van der Waals surface area contributed by atoms with Gasteiger partial charge in [0.1, 0.15) is 11.5 Å². The van der Waals surface area contributed by atoms with E-state index in [1.165, 1.54) is 0 Å². The van der Waals surface area contributed by atoms with Gasteiger partial charge < -0.3 is 19.6 Å². The molecular weight excluding hydrogens is 246 g/mol. The molecule has 2 N–H and O–H groups in total. The molecule has 0 spiro atoms. The molecule has 0 bridgehead atoms. The number of rotatable bonds is 5. The first-order valence-electron chi connectivity index (χ1n) is 6.01. The number of carboxylic acid groups (broad SMARTS) is 1. The molecule has 0 aliphatic carbocycles. The van der Waals surface area contributed by atoms with Crippen LogP contribution in [0.2, 0.25) is 0 Å². The lowest BCUT2D eigenvalue weighted by Crippen LogP contribution is -1.98. The molecule has 0 unspecified atom stereocenters. The number of aromatic nitrogens is 1. The quantitative estimate of drug-likeness (QED) is 0.869. The summed E-state index contributed by atoms with van der Waals surface area (Å²) in [4.78, 5) is 13.9. The molecule has 0 radical (unpaired) electrons. The van der Waals surface area contributed by atoms with Crippen LogP contribution in [0.1, 0.15) is 17.7 Å². The van der Waals surface area contributed by atoms with Gasteiger partial charge in [0, 0.05) is 23.2 Å². The predicted octanol–water partition coefficient (Wildman–Crippen LogP) is 2.51. The summed E-state index contributed by atoms with van der Waals surface area (Å²) in [6.07, 6.45) is 0.578. The number of aryl methyl sites for hydroxylation is 2. The lowest BCUT2D eigenvalue weighted by atomic mass is 10.1. The number of benzene rings is 1. The molecule has 2 aromatic rings. The molecule has 0 saturated heterocycles. The second-order valence-electron chi connectivity index (χ2n) is 4.37. The van der Waals surface area contributed by atoms with E-state index in [-0.39, 0.29) is 6.42 Å². The largest absolute Gasteiger partial charge is 0.497 e. The molecule has 0 atom stereocenters. The number of nitrogens with one attached hydrogen (secondary N) is 1. The Hall–Kier alpha value is -2.17. The third kappa shape index (κ3) is 2.50. The van der Waals surface area contributed by atoms with Crippen molar-refractivity contribution >= 4 is 16.9 Å². The van der Waals surface area contributed by atoms with Crippen LogP contribution in [0, 0.1) is 6.92 Å². The van der Waals surface area contributed by atoms with Crippen molar-refractivity contribution in [1.82, 2.24) is 4.98 Å². The van der Waals surface area contributed by atoms with E-state index >= 15 is 0 Å². The van der Waals surface area contributed by atoms with E-state index in [2.05, 4.69) is 4.98 Å². The van der Waals surface area contributed by atoms with Gasteiger partial charge in [-0.25, -0.2) is 0 Å². The third-order valence-corrected chi connectivity index (χ3v) is 3.23. The molecule has 2 rings (SSSR count). The summed E-state index contributed by atoms with van der Waals surface area (Å²) < 4.78 is 10.6. The van der Waals surface area contributed by atoms with E-state index in [0.717, 1.165) is 27.9 Å². The Balaban J connectivity index is 2.52. The highest BCUT2D eigenvalue weighted by Crippen LogP contribution is 2.35. The van der Waals surface area contributed by atoms with Crippen molar-refractivity contribution in [2.45, 2.75) is 19.8 Å². The fraction of sp³-hybridized carbons (Fsp3) is 0.357. The van der Waals surface area contributed by atoms with E-state index in [1.807, 2.05) is 19.1 Å². The Morgan fingerprint density at radius 2 is 2.05 bits per heavy atom. The monoisotopic (exact) mass is 263 g/mol. The highest BCUT2D eigenvalue weighted by atomic mass is 16.5. The maximum Gasteiger partial charge on any atom is 0.303 e. The van der Waals surface area contributed by atoms with Gasteiger partial charge in [0.15, 0.2) is 0 Å². The summed E-state index contributed by atoms with van der Waals surface area (Å²) in [6.45, 7) is 1.96. The van der Waals surface area contributed by atoms with Gasteiger partial charge in [-0.15, -0.1) is 0 Å². The number of hydrogen-bond donors (Lipinski definition) is 2. The molecule has 5 heteroatoms. The number of fused-ring (bicyclic) bond motifs is 1. The van der Waals surface area contributed by atoms with E-state index < -0.39 is 5.97 Å². The third-order valence-electron chi connectivity index (χ3n) is 3.23. The van der Waals surface area contributed by atoms with Crippen molar-refractivity contribution in [3.63, 3.8) is 0 Å². The van der Waals surface area contributed by atoms with Crippen LogP contribution in [0.4, 0.5) is 0 Å². The molecule has 102 valence electrons. The van der Waals surface area contributed by atoms with Crippen LogP contribution in [0.3, 0.4) is 0 Å². The van der Waals surface area contributed by atoms with E-state index in [9.17, 15) is 4.79 Å². The van der Waals surface area contributed by atoms with Crippen molar-refractivity contribution in [3.8, 4) is 11.5 Å². The van der Waals surface area contributed by atoms with Crippen LogP contribution in [0.5, 0.6) is 11.5 Å². The summed E-state index contributed by atoms with van der Waals surface area (Å²) >= 11 is 0. The van der Waals surface area contributed by atoms with Gasteiger partial charge in [0.05, 0.1) is 26.2 Å². The van der Waals surface area contributed by atoms with Crippen LogP contribution >= 0.6 is 0 Å². The molecular formula is C14H17NO4. The smallest absolute Gasteiger partial charge is 0.303 e. The van der Waals surface area contributed by atoms with Gasteiger partial charge in [0.2, 0.25) is 0 Å². The highest BCUT2D eigenvalue weighted by molar-refractivity contribution is 5.91. The molecule has 0 aliphatic heterocycles. The Morgan fingerprint density at radius 3 is 2.63 bits per heavy atom. The van der Waals surface area contributed by atoms with Gasteiger partial charge >= 0.3 is 5.97 Å². The summed E-state index contributed by atoms with van der Waals surface area (Å²) in [5.74, 6) is 0.627. The first kappa shape index (κ1) is 13.3. The lowest BCUT2D eigenvalue weighted by molar-refractivity contribution is -0.136. The Labute approximate surface area is 111 Å².